The van der Waals surface area contributed by atoms with Gasteiger partial charge in [0.15, 0.2) is 0 Å². The maximum Gasteiger partial charge on any atom is 0.271 e. The Kier molecular flexibility index (Phi) is 5.29. The molecule has 0 aromatic heterocycles. The van der Waals surface area contributed by atoms with E-state index in [4.69, 9.17) is 11.6 Å². The summed E-state index contributed by atoms with van der Waals surface area (Å²) in [4.78, 5) is 21.4. The van der Waals surface area contributed by atoms with Crippen LogP contribution < -0.4 is 10.6 Å². The fourth-order valence-electron chi connectivity index (χ4n) is 1.20. The fourth-order valence-corrected chi connectivity index (χ4v) is 1.42. The van der Waals surface area contributed by atoms with Crippen molar-refractivity contribution >= 4 is 28.9 Å². The minimum absolute atomic E-state index is 0.110. The van der Waals surface area contributed by atoms with Gasteiger partial charge in [0.05, 0.1) is 22.2 Å². The number of halogens is 1. The zero-order valence-electron chi connectivity index (χ0n) is 9.48. The second kappa shape index (κ2) is 6.73. The first-order valence-corrected chi connectivity index (χ1v) is 5.48. The lowest BCUT2D eigenvalue weighted by atomic mass is 10.3. The van der Waals surface area contributed by atoms with Crippen LogP contribution in [-0.4, -0.2) is 23.9 Å². The van der Waals surface area contributed by atoms with Crippen LogP contribution in [0.4, 0.5) is 11.4 Å². The predicted molar refractivity (Wildman–Crippen MR) is 69.8 cm³/mol. The molecule has 6 nitrogen and oxygen atoms in total. The maximum atomic E-state index is 11.5. The lowest BCUT2D eigenvalue weighted by Crippen LogP contribution is -2.28. The summed E-state index contributed by atoms with van der Waals surface area (Å²) in [5.74, 6) is -0.285. The van der Waals surface area contributed by atoms with Crippen molar-refractivity contribution in [2.75, 3.05) is 18.4 Å². The zero-order valence-corrected chi connectivity index (χ0v) is 10.2. The van der Waals surface area contributed by atoms with Gasteiger partial charge in [-0.3, -0.25) is 14.9 Å². The smallest absolute Gasteiger partial charge is 0.271 e. The Morgan fingerprint density at radius 1 is 1.56 bits per heavy atom. The molecule has 0 fully saturated rings. The van der Waals surface area contributed by atoms with Gasteiger partial charge in [0.2, 0.25) is 5.91 Å². The molecule has 0 aliphatic rings. The summed E-state index contributed by atoms with van der Waals surface area (Å²) in [5.41, 5.74) is 0.218. The monoisotopic (exact) mass is 269 g/mol. The van der Waals surface area contributed by atoms with Crippen molar-refractivity contribution in [2.45, 2.75) is 0 Å². The number of nitro benzene ring substituents is 1. The molecule has 0 saturated carbocycles. The number of carbonyl (C=O) groups excluding carboxylic acids is 1. The topological polar surface area (TPSA) is 84.3 Å². The van der Waals surface area contributed by atoms with Crippen molar-refractivity contribution < 1.29 is 9.72 Å². The number of hydrogen-bond donors (Lipinski definition) is 2. The average Bonchev–Trinajstić information content (AvgIpc) is 2.32. The van der Waals surface area contributed by atoms with E-state index < -0.39 is 4.92 Å². The Bertz CT molecular complexity index is 477. The molecular formula is C11H12ClN3O3. The van der Waals surface area contributed by atoms with Crippen LogP contribution >= 0.6 is 11.6 Å². The maximum absolute atomic E-state index is 11.5. The quantitative estimate of drug-likeness (QED) is 0.358. The van der Waals surface area contributed by atoms with E-state index in [0.29, 0.717) is 12.2 Å². The van der Waals surface area contributed by atoms with Crippen molar-refractivity contribution in [1.82, 2.24) is 5.32 Å². The lowest BCUT2D eigenvalue weighted by molar-refractivity contribution is -0.384. The highest BCUT2D eigenvalue weighted by molar-refractivity contribution is 6.34. The Balaban J connectivity index is 2.65. The summed E-state index contributed by atoms with van der Waals surface area (Å²) in [6, 6.07) is 3.86. The fraction of sp³-hybridized carbons (Fsp3) is 0.182. The third-order valence-electron chi connectivity index (χ3n) is 2.01. The number of nitrogens with zero attached hydrogens (tertiary/aromatic N) is 1. The standard InChI is InChI=1S/C11H12ClN3O3/c1-2-5-13-7-11(16)14-10-4-3-8(15(17)18)6-9(10)12/h2-4,6,13H,1,5,7H2,(H,14,16). The van der Waals surface area contributed by atoms with E-state index in [1.807, 2.05) is 0 Å². The van der Waals surface area contributed by atoms with Crippen LogP contribution in [0.25, 0.3) is 0 Å². The predicted octanol–water partition coefficient (Wildman–Crippen LogP) is 1.96. The van der Waals surface area contributed by atoms with E-state index in [1.54, 1.807) is 6.08 Å². The molecule has 0 bridgehead atoms. The van der Waals surface area contributed by atoms with Gasteiger partial charge < -0.3 is 10.6 Å². The highest BCUT2D eigenvalue weighted by Crippen LogP contribution is 2.26. The highest BCUT2D eigenvalue weighted by Gasteiger charge is 2.11. The molecular weight excluding hydrogens is 258 g/mol. The van der Waals surface area contributed by atoms with Gasteiger partial charge in [0, 0.05) is 18.7 Å². The van der Waals surface area contributed by atoms with Crippen molar-refractivity contribution in [3.05, 3.63) is 46.0 Å². The van der Waals surface area contributed by atoms with Crippen molar-refractivity contribution in [2.24, 2.45) is 0 Å². The Morgan fingerprint density at radius 3 is 2.83 bits per heavy atom. The van der Waals surface area contributed by atoms with Gasteiger partial charge >= 0.3 is 0 Å². The summed E-state index contributed by atoms with van der Waals surface area (Å²) in [6.45, 7) is 4.13. The summed E-state index contributed by atoms with van der Waals surface area (Å²) in [6.07, 6.45) is 1.63. The molecule has 1 aromatic carbocycles. The van der Waals surface area contributed by atoms with E-state index in [9.17, 15) is 14.9 Å². The van der Waals surface area contributed by atoms with Crippen molar-refractivity contribution in [3.63, 3.8) is 0 Å². The van der Waals surface area contributed by atoms with Crippen LogP contribution in [0.5, 0.6) is 0 Å². The van der Waals surface area contributed by atoms with E-state index in [-0.39, 0.29) is 23.2 Å². The third kappa shape index (κ3) is 4.15. The Morgan fingerprint density at radius 2 is 2.28 bits per heavy atom. The zero-order chi connectivity index (χ0) is 13.5. The molecule has 0 saturated heterocycles. The second-order valence-electron chi connectivity index (χ2n) is 3.39. The molecule has 2 N–H and O–H groups in total. The molecule has 7 heteroatoms. The lowest BCUT2D eigenvalue weighted by Gasteiger charge is -2.07. The van der Waals surface area contributed by atoms with Crippen LogP contribution in [0.3, 0.4) is 0 Å². The largest absolute Gasteiger partial charge is 0.324 e. The average molecular weight is 270 g/mol. The molecule has 0 aliphatic heterocycles. The molecule has 0 unspecified atom stereocenters. The van der Waals surface area contributed by atoms with Gasteiger partial charge in [-0.1, -0.05) is 17.7 Å². The van der Waals surface area contributed by atoms with Crippen LogP contribution in [0.15, 0.2) is 30.9 Å². The number of non-ortho nitro benzene ring substituents is 1. The minimum atomic E-state index is -0.552. The summed E-state index contributed by atoms with van der Waals surface area (Å²) in [7, 11) is 0. The molecule has 18 heavy (non-hydrogen) atoms. The van der Waals surface area contributed by atoms with E-state index in [1.165, 1.54) is 18.2 Å². The first-order valence-electron chi connectivity index (χ1n) is 5.10. The van der Waals surface area contributed by atoms with E-state index in [2.05, 4.69) is 17.2 Å². The molecule has 0 radical (unpaired) electrons. The molecule has 0 heterocycles. The van der Waals surface area contributed by atoms with Gasteiger partial charge in [-0.2, -0.15) is 0 Å². The molecule has 1 rings (SSSR count). The first-order chi connectivity index (χ1) is 8.54. The van der Waals surface area contributed by atoms with Crippen LogP contribution in [0.2, 0.25) is 5.02 Å². The van der Waals surface area contributed by atoms with Gasteiger partial charge in [-0.15, -0.1) is 6.58 Å². The van der Waals surface area contributed by atoms with Crippen molar-refractivity contribution in [1.29, 1.82) is 0 Å². The number of benzene rings is 1. The summed E-state index contributed by atoms with van der Waals surface area (Å²) in [5, 5.41) is 16.0. The molecule has 96 valence electrons. The van der Waals surface area contributed by atoms with Gasteiger partial charge in [0.1, 0.15) is 0 Å². The Hall–Kier alpha value is -1.92. The molecule has 1 aromatic rings. The highest BCUT2D eigenvalue weighted by atomic mass is 35.5. The van der Waals surface area contributed by atoms with Gasteiger partial charge in [-0.25, -0.2) is 0 Å². The summed E-state index contributed by atoms with van der Waals surface area (Å²) >= 11 is 5.82. The number of carbonyl (C=O) groups is 1. The van der Waals surface area contributed by atoms with Crippen LogP contribution in [0.1, 0.15) is 0 Å². The van der Waals surface area contributed by atoms with Crippen LogP contribution in [0, 0.1) is 10.1 Å². The van der Waals surface area contributed by atoms with Gasteiger partial charge in [-0.05, 0) is 6.07 Å². The van der Waals surface area contributed by atoms with E-state index in [0.717, 1.165) is 0 Å². The molecule has 0 spiro atoms. The second-order valence-corrected chi connectivity index (χ2v) is 3.80. The SMILES string of the molecule is C=CCNCC(=O)Nc1ccc([N+](=O)[O-])cc1Cl. The molecule has 0 atom stereocenters. The van der Waals surface area contributed by atoms with Gasteiger partial charge in [0.25, 0.3) is 5.69 Å². The third-order valence-corrected chi connectivity index (χ3v) is 2.32. The number of nitrogens with one attached hydrogen (secondary N) is 2. The summed E-state index contributed by atoms with van der Waals surface area (Å²) < 4.78 is 0. The molecule has 1 amide bonds. The molecule has 0 aliphatic carbocycles. The number of nitro groups is 1. The number of anilines is 1. The minimum Gasteiger partial charge on any atom is -0.324 e. The van der Waals surface area contributed by atoms with Crippen LogP contribution in [-0.2, 0) is 4.79 Å². The van der Waals surface area contributed by atoms with Crippen molar-refractivity contribution in [3.8, 4) is 0 Å². The number of amides is 1. The number of hydrogen-bond acceptors (Lipinski definition) is 4. The first kappa shape index (κ1) is 14.1. The van der Waals surface area contributed by atoms with E-state index >= 15 is 0 Å². The normalized spacial score (nSPS) is 9.83. The number of rotatable bonds is 6. The Labute approximate surface area is 109 Å².